The molecule has 2 aliphatic carbocycles. The van der Waals surface area contributed by atoms with Gasteiger partial charge in [-0.15, -0.1) is 0 Å². The van der Waals surface area contributed by atoms with Gasteiger partial charge in [0, 0.05) is 16.8 Å². The molecule has 1 saturated carbocycles. The van der Waals surface area contributed by atoms with Crippen LogP contribution in [-0.2, 0) is 0 Å². The highest BCUT2D eigenvalue weighted by Crippen LogP contribution is 2.51. The van der Waals surface area contributed by atoms with Crippen molar-refractivity contribution in [2.24, 2.45) is 5.92 Å². The number of nitrogens with zero attached hydrogens (tertiary/aromatic N) is 1. The van der Waals surface area contributed by atoms with Crippen LogP contribution >= 0.6 is 0 Å². The minimum atomic E-state index is 0.520. The zero-order valence-corrected chi connectivity index (χ0v) is 34.6. The molecule has 1 fully saturated rings. The summed E-state index contributed by atoms with van der Waals surface area (Å²) in [4.78, 5) is 2.55. The van der Waals surface area contributed by atoms with E-state index >= 15 is 0 Å². The normalized spacial score (nSPS) is 15.2. The molecule has 1 unspecified atom stereocenters. The van der Waals surface area contributed by atoms with Crippen molar-refractivity contribution in [1.29, 1.82) is 0 Å². The summed E-state index contributed by atoms with van der Waals surface area (Å²) in [5.74, 6) is 1.23. The van der Waals surface area contributed by atoms with Crippen LogP contribution in [0.25, 0.3) is 72.1 Å². The summed E-state index contributed by atoms with van der Waals surface area (Å²) in [6.45, 7) is 0. The Morgan fingerprint density at radius 3 is 1.79 bits per heavy atom. The van der Waals surface area contributed by atoms with E-state index in [4.69, 9.17) is 0 Å². The Kier molecular flexibility index (Phi) is 9.87. The molecule has 0 aromatic heterocycles. The van der Waals surface area contributed by atoms with E-state index in [-0.39, 0.29) is 0 Å². The van der Waals surface area contributed by atoms with Gasteiger partial charge in [-0.3, -0.25) is 0 Å². The lowest BCUT2D eigenvalue weighted by Gasteiger charge is -2.35. The van der Waals surface area contributed by atoms with Crippen LogP contribution in [-0.4, -0.2) is 0 Å². The maximum Gasteiger partial charge on any atom is 0.0540 e. The molecule has 11 rings (SSSR count). The number of benzene rings is 9. The highest BCUT2D eigenvalue weighted by Gasteiger charge is 2.31. The number of fused-ring (bicyclic) bond motifs is 3. The fraction of sp³-hybridized carbons (Fsp3) is 0.133. The van der Waals surface area contributed by atoms with E-state index < -0.39 is 0 Å². The van der Waals surface area contributed by atoms with E-state index in [1.165, 1.54) is 115 Å². The molecule has 2 aliphatic rings. The van der Waals surface area contributed by atoms with Gasteiger partial charge in [-0.25, -0.2) is 0 Å². The van der Waals surface area contributed by atoms with Gasteiger partial charge in [0.15, 0.2) is 0 Å². The van der Waals surface area contributed by atoms with Crippen molar-refractivity contribution in [3.63, 3.8) is 0 Å². The molecule has 0 spiro atoms. The molecule has 0 radical (unpaired) electrons. The van der Waals surface area contributed by atoms with Crippen molar-refractivity contribution >= 4 is 44.7 Å². The third-order valence-corrected chi connectivity index (χ3v) is 13.5. The topological polar surface area (TPSA) is 3.24 Å². The van der Waals surface area contributed by atoms with Crippen LogP contribution in [0, 0.1) is 5.92 Å². The number of hydrogen-bond donors (Lipinski definition) is 0. The third-order valence-electron chi connectivity index (χ3n) is 13.5. The number of hydrogen-bond acceptors (Lipinski definition) is 1. The Balaban J connectivity index is 1.16. The van der Waals surface area contributed by atoms with Crippen molar-refractivity contribution < 1.29 is 0 Å². The smallest absolute Gasteiger partial charge is 0.0540 e. The second-order valence-corrected chi connectivity index (χ2v) is 17.0. The zero-order chi connectivity index (χ0) is 40.5. The first-order valence-corrected chi connectivity index (χ1v) is 22.2. The van der Waals surface area contributed by atoms with Crippen molar-refractivity contribution in [2.45, 2.75) is 44.4 Å². The maximum absolute atomic E-state index is 2.55. The molecule has 0 N–H and O–H groups in total. The minimum Gasteiger partial charge on any atom is -0.309 e. The summed E-state index contributed by atoms with van der Waals surface area (Å²) in [5, 5.41) is 5.01. The lowest BCUT2D eigenvalue weighted by molar-refractivity contribution is 0.304. The number of para-hydroxylation sites is 2. The van der Waals surface area contributed by atoms with Crippen LogP contribution in [0.1, 0.15) is 55.6 Å². The summed E-state index contributed by atoms with van der Waals surface area (Å²) >= 11 is 0. The first-order valence-electron chi connectivity index (χ1n) is 22.2. The summed E-state index contributed by atoms with van der Waals surface area (Å²) in [7, 11) is 0. The molecule has 1 nitrogen and oxygen atoms in total. The minimum absolute atomic E-state index is 0.520. The van der Waals surface area contributed by atoms with Crippen molar-refractivity contribution in [2.75, 3.05) is 4.90 Å². The van der Waals surface area contributed by atoms with Crippen LogP contribution in [0.15, 0.2) is 206 Å². The van der Waals surface area contributed by atoms with Crippen molar-refractivity contribution in [1.82, 2.24) is 0 Å². The molecule has 0 bridgehead atoms. The van der Waals surface area contributed by atoms with Gasteiger partial charge in [0.05, 0.1) is 11.4 Å². The molecule has 0 amide bonds. The van der Waals surface area contributed by atoms with Crippen LogP contribution in [0.3, 0.4) is 0 Å². The Bertz CT molecular complexity index is 3050. The van der Waals surface area contributed by atoms with Gasteiger partial charge >= 0.3 is 0 Å². The van der Waals surface area contributed by atoms with E-state index in [0.717, 1.165) is 17.8 Å². The fourth-order valence-corrected chi connectivity index (χ4v) is 10.7. The number of anilines is 3. The van der Waals surface area contributed by atoms with Crippen LogP contribution in [0.5, 0.6) is 0 Å². The number of allylic oxidation sites excluding steroid dienone is 1. The highest BCUT2D eigenvalue weighted by atomic mass is 15.1. The number of rotatable bonds is 8. The van der Waals surface area contributed by atoms with Gasteiger partial charge in [-0.05, 0) is 121 Å². The molecular weight excluding hydrogens is 735 g/mol. The van der Waals surface area contributed by atoms with E-state index in [0.29, 0.717) is 11.8 Å². The largest absolute Gasteiger partial charge is 0.309 e. The molecule has 0 saturated heterocycles. The van der Waals surface area contributed by atoms with E-state index in [2.05, 4.69) is 217 Å². The van der Waals surface area contributed by atoms with Gasteiger partial charge in [0.25, 0.3) is 0 Å². The second kappa shape index (κ2) is 16.2. The summed E-state index contributed by atoms with van der Waals surface area (Å²) in [6.07, 6.45) is 12.6. The van der Waals surface area contributed by atoms with E-state index in [9.17, 15) is 0 Å². The van der Waals surface area contributed by atoms with Crippen LogP contribution in [0.2, 0.25) is 0 Å². The second-order valence-electron chi connectivity index (χ2n) is 17.0. The quantitative estimate of drug-likeness (QED) is 0.148. The van der Waals surface area contributed by atoms with E-state index in [1.807, 2.05) is 0 Å². The third kappa shape index (κ3) is 6.85. The molecule has 1 atom stereocenters. The monoisotopic (exact) mass is 783 g/mol. The Morgan fingerprint density at radius 1 is 0.410 bits per heavy atom. The molecule has 0 heterocycles. The van der Waals surface area contributed by atoms with Crippen LogP contribution in [0.4, 0.5) is 17.1 Å². The molecule has 0 aliphatic heterocycles. The van der Waals surface area contributed by atoms with Crippen molar-refractivity contribution in [3.05, 3.63) is 217 Å². The van der Waals surface area contributed by atoms with Gasteiger partial charge < -0.3 is 4.90 Å². The Morgan fingerprint density at radius 2 is 0.984 bits per heavy atom. The molecule has 294 valence electrons. The van der Waals surface area contributed by atoms with Crippen molar-refractivity contribution in [3.8, 4) is 44.5 Å². The standard InChI is InChI=1S/C60H49N/c1-3-19-43(20-4-1)51-35-15-25-45-27-17-37-55(59(45)51)53-32-9-11-39-57(53)61(48-30-13-29-47(41-48)50-34-14-24-42-23-7-8-31-49(42)50)58-40-12-10-33-54(58)56-38-18-28-46-26-16-36-52(60(46)56)44-21-5-2-6-22-44/h1,3-4,7-20,23-35,37-41,44,52H,2,5-6,21-22,36H2. The van der Waals surface area contributed by atoms with Gasteiger partial charge in [-0.2, -0.15) is 0 Å². The Hall–Kier alpha value is -6.96. The first-order chi connectivity index (χ1) is 30.3. The van der Waals surface area contributed by atoms with Crippen LogP contribution < -0.4 is 4.90 Å². The predicted molar refractivity (Wildman–Crippen MR) is 261 cm³/mol. The predicted octanol–water partition coefficient (Wildman–Crippen LogP) is 17.2. The summed E-state index contributed by atoms with van der Waals surface area (Å²) in [5.41, 5.74) is 16.3. The average molecular weight is 784 g/mol. The van der Waals surface area contributed by atoms with Gasteiger partial charge in [0.1, 0.15) is 0 Å². The summed E-state index contributed by atoms with van der Waals surface area (Å²) < 4.78 is 0. The average Bonchev–Trinajstić information content (AvgIpc) is 3.34. The molecular formula is C60H49N. The van der Waals surface area contributed by atoms with E-state index in [1.54, 1.807) is 0 Å². The molecule has 61 heavy (non-hydrogen) atoms. The van der Waals surface area contributed by atoms with Gasteiger partial charge in [-0.1, -0.05) is 207 Å². The molecule has 9 aromatic rings. The molecule has 1 heteroatoms. The zero-order valence-electron chi connectivity index (χ0n) is 34.6. The van der Waals surface area contributed by atoms with Gasteiger partial charge in [0.2, 0.25) is 0 Å². The lowest BCUT2D eigenvalue weighted by Crippen LogP contribution is -2.19. The lowest BCUT2D eigenvalue weighted by atomic mass is 9.70. The first kappa shape index (κ1) is 37.1. The molecule has 9 aromatic carbocycles. The Labute approximate surface area is 360 Å². The highest BCUT2D eigenvalue weighted by molar-refractivity contribution is 6.09. The summed E-state index contributed by atoms with van der Waals surface area (Å²) in [6, 6.07) is 74.3. The SMILES string of the molecule is C1=Cc2cccc(-c3ccccc3N(c3cccc(-c4cccc5ccccc45)c3)c3ccccc3-c3cccc4cccc(-c5ccccc5)c34)c2C(C2CCCCC2)C1. The fourth-order valence-electron chi connectivity index (χ4n) is 10.7. The maximum atomic E-state index is 2.55.